The van der Waals surface area contributed by atoms with Crippen LogP contribution in [0.2, 0.25) is 0 Å². The Bertz CT molecular complexity index is 485. The summed E-state index contributed by atoms with van der Waals surface area (Å²) in [4.78, 5) is 1.37. The minimum Gasteiger partial charge on any atom is -0.382 e. The number of hydrogen-bond donors (Lipinski definition) is 1. The zero-order valence-electron chi connectivity index (χ0n) is 10.1. The highest BCUT2D eigenvalue weighted by atomic mass is 79.9. The third-order valence-corrected chi connectivity index (χ3v) is 3.22. The molecule has 0 amide bonds. The summed E-state index contributed by atoms with van der Waals surface area (Å²) in [6.45, 7) is -0.268. The molecule has 0 spiro atoms. The fourth-order valence-corrected chi connectivity index (χ4v) is 2.00. The number of nitrogens with zero attached hydrogens (tertiary/aromatic N) is 2. The van der Waals surface area contributed by atoms with Crippen molar-refractivity contribution in [1.29, 1.82) is 5.26 Å². The SMILES string of the molecule is CN(Cc1ccc(C#N)cc1Br)CC(O)C(F)(F)F. The molecule has 0 radical (unpaired) electrons. The molecule has 0 aliphatic heterocycles. The van der Waals surface area contributed by atoms with Crippen LogP contribution in [-0.2, 0) is 6.54 Å². The molecule has 7 heteroatoms. The topological polar surface area (TPSA) is 47.3 Å². The number of benzene rings is 1. The van der Waals surface area contributed by atoms with E-state index in [0.717, 1.165) is 5.56 Å². The molecule has 0 saturated heterocycles. The molecular weight excluding hydrogens is 325 g/mol. The highest BCUT2D eigenvalue weighted by Gasteiger charge is 2.38. The molecule has 104 valence electrons. The van der Waals surface area contributed by atoms with Crippen molar-refractivity contribution >= 4 is 15.9 Å². The van der Waals surface area contributed by atoms with Crippen LogP contribution in [0.4, 0.5) is 13.2 Å². The number of halogens is 4. The second-order valence-electron chi connectivity index (χ2n) is 4.17. The third kappa shape index (κ3) is 4.82. The van der Waals surface area contributed by atoms with E-state index in [-0.39, 0.29) is 6.54 Å². The molecule has 0 heterocycles. The number of aliphatic hydroxyl groups is 1. The van der Waals surface area contributed by atoms with Crippen molar-refractivity contribution < 1.29 is 18.3 Å². The van der Waals surface area contributed by atoms with E-state index in [0.29, 0.717) is 10.0 Å². The van der Waals surface area contributed by atoms with Crippen molar-refractivity contribution in [3.63, 3.8) is 0 Å². The van der Waals surface area contributed by atoms with E-state index in [1.807, 2.05) is 6.07 Å². The lowest BCUT2D eigenvalue weighted by Gasteiger charge is -2.22. The van der Waals surface area contributed by atoms with Crippen LogP contribution >= 0.6 is 15.9 Å². The van der Waals surface area contributed by atoms with Gasteiger partial charge in [-0.3, -0.25) is 4.90 Å². The summed E-state index contributed by atoms with van der Waals surface area (Å²) in [6, 6.07) is 6.83. The van der Waals surface area contributed by atoms with E-state index in [2.05, 4.69) is 15.9 Å². The Morgan fingerprint density at radius 3 is 2.58 bits per heavy atom. The van der Waals surface area contributed by atoms with Crippen LogP contribution in [-0.4, -0.2) is 35.9 Å². The maximum absolute atomic E-state index is 12.2. The van der Waals surface area contributed by atoms with E-state index in [9.17, 15) is 13.2 Å². The molecule has 0 saturated carbocycles. The molecule has 1 aromatic rings. The van der Waals surface area contributed by atoms with E-state index >= 15 is 0 Å². The van der Waals surface area contributed by atoms with Crippen LogP contribution in [0.15, 0.2) is 22.7 Å². The number of alkyl halides is 3. The van der Waals surface area contributed by atoms with Crippen molar-refractivity contribution in [2.24, 2.45) is 0 Å². The molecule has 0 aromatic heterocycles. The highest BCUT2D eigenvalue weighted by molar-refractivity contribution is 9.10. The normalized spacial score (nSPS) is 13.4. The van der Waals surface area contributed by atoms with Crippen molar-refractivity contribution in [1.82, 2.24) is 4.90 Å². The zero-order chi connectivity index (χ0) is 14.6. The molecule has 1 atom stereocenters. The average Bonchev–Trinajstić information content (AvgIpc) is 2.30. The molecule has 0 fully saturated rings. The minimum absolute atomic E-state index is 0.236. The standard InChI is InChI=1S/C12H12BrF3N2O/c1-18(7-11(19)12(14,15)16)6-9-3-2-8(5-17)4-10(9)13/h2-4,11,19H,6-7H2,1H3. The predicted octanol–water partition coefficient (Wildman–Crippen LogP) is 2.68. The fraction of sp³-hybridized carbons (Fsp3) is 0.417. The first-order valence-electron chi connectivity index (χ1n) is 5.36. The lowest BCUT2D eigenvalue weighted by molar-refractivity contribution is -0.207. The van der Waals surface area contributed by atoms with Gasteiger partial charge in [-0.15, -0.1) is 0 Å². The van der Waals surface area contributed by atoms with Gasteiger partial charge in [0.1, 0.15) is 0 Å². The Kier molecular flexibility index (Phi) is 5.35. The van der Waals surface area contributed by atoms with Crippen molar-refractivity contribution in [2.75, 3.05) is 13.6 Å². The summed E-state index contributed by atoms with van der Waals surface area (Å²) in [5, 5.41) is 17.7. The van der Waals surface area contributed by atoms with Crippen LogP contribution in [0.1, 0.15) is 11.1 Å². The van der Waals surface area contributed by atoms with Crippen LogP contribution < -0.4 is 0 Å². The summed E-state index contributed by atoms with van der Waals surface area (Å²) in [7, 11) is 1.49. The van der Waals surface area contributed by atoms with Gasteiger partial charge >= 0.3 is 6.18 Å². The number of rotatable bonds is 4. The number of aliphatic hydroxyl groups excluding tert-OH is 1. The quantitative estimate of drug-likeness (QED) is 0.919. The molecule has 0 aliphatic rings. The maximum Gasteiger partial charge on any atom is 0.415 e. The summed E-state index contributed by atoms with van der Waals surface area (Å²) in [5.74, 6) is 0. The van der Waals surface area contributed by atoms with E-state index in [4.69, 9.17) is 10.4 Å². The van der Waals surface area contributed by atoms with Gasteiger partial charge in [-0.05, 0) is 24.7 Å². The van der Waals surface area contributed by atoms with Crippen LogP contribution in [0, 0.1) is 11.3 Å². The van der Waals surface area contributed by atoms with Gasteiger partial charge in [0.2, 0.25) is 0 Å². The molecule has 1 N–H and O–H groups in total. The lowest BCUT2D eigenvalue weighted by atomic mass is 10.1. The summed E-state index contributed by atoms with van der Waals surface area (Å²) in [6.07, 6.45) is -6.98. The molecule has 3 nitrogen and oxygen atoms in total. The third-order valence-electron chi connectivity index (χ3n) is 2.48. The van der Waals surface area contributed by atoms with Gasteiger partial charge < -0.3 is 5.11 Å². The Morgan fingerprint density at radius 1 is 1.47 bits per heavy atom. The second-order valence-corrected chi connectivity index (χ2v) is 5.03. The first-order valence-corrected chi connectivity index (χ1v) is 6.15. The smallest absolute Gasteiger partial charge is 0.382 e. The molecule has 1 unspecified atom stereocenters. The molecule has 19 heavy (non-hydrogen) atoms. The van der Waals surface area contributed by atoms with Crippen molar-refractivity contribution in [3.8, 4) is 6.07 Å². The summed E-state index contributed by atoms with van der Waals surface area (Å²) >= 11 is 3.26. The van der Waals surface area contributed by atoms with Gasteiger partial charge in [-0.25, -0.2) is 0 Å². The number of likely N-dealkylation sites (N-methyl/N-ethyl adjacent to an activating group) is 1. The summed E-state index contributed by atoms with van der Waals surface area (Å²) in [5.41, 5.74) is 1.21. The second kappa shape index (κ2) is 6.37. The Morgan fingerprint density at radius 2 is 2.11 bits per heavy atom. The van der Waals surface area contributed by atoms with Crippen LogP contribution in [0.3, 0.4) is 0 Å². The van der Waals surface area contributed by atoms with E-state index < -0.39 is 18.8 Å². The summed E-state index contributed by atoms with van der Waals surface area (Å²) < 4.78 is 37.3. The highest BCUT2D eigenvalue weighted by Crippen LogP contribution is 2.23. The largest absolute Gasteiger partial charge is 0.415 e. The number of nitriles is 1. The van der Waals surface area contributed by atoms with Gasteiger partial charge in [0, 0.05) is 17.6 Å². The minimum atomic E-state index is -4.61. The van der Waals surface area contributed by atoms with Crippen molar-refractivity contribution in [2.45, 2.75) is 18.8 Å². The van der Waals surface area contributed by atoms with Gasteiger partial charge in [0.25, 0.3) is 0 Å². The zero-order valence-corrected chi connectivity index (χ0v) is 11.7. The molecule has 1 rings (SSSR count). The monoisotopic (exact) mass is 336 g/mol. The van der Waals surface area contributed by atoms with Gasteiger partial charge in [-0.1, -0.05) is 22.0 Å². The van der Waals surface area contributed by atoms with E-state index in [1.54, 1.807) is 18.2 Å². The van der Waals surface area contributed by atoms with E-state index in [1.165, 1.54) is 11.9 Å². The first-order chi connectivity index (χ1) is 8.74. The molecule has 1 aromatic carbocycles. The van der Waals surface area contributed by atoms with Crippen LogP contribution in [0.25, 0.3) is 0 Å². The molecular formula is C12H12BrF3N2O. The Balaban J connectivity index is 2.68. The fourth-order valence-electron chi connectivity index (χ4n) is 1.50. The Labute approximate surface area is 117 Å². The lowest BCUT2D eigenvalue weighted by Crippen LogP contribution is -2.39. The van der Waals surface area contributed by atoms with Gasteiger partial charge in [0.15, 0.2) is 6.10 Å². The van der Waals surface area contributed by atoms with Gasteiger partial charge in [0.05, 0.1) is 11.6 Å². The predicted molar refractivity (Wildman–Crippen MR) is 67.3 cm³/mol. The molecule has 0 bridgehead atoms. The van der Waals surface area contributed by atoms with Gasteiger partial charge in [-0.2, -0.15) is 18.4 Å². The number of hydrogen-bond acceptors (Lipinski definition) is 3. The average molecular weight is 337 g/mol. The first kappa shape index (κ1) is 16.0. The Hall–Kier alpha value is -1.10. The van der Waals surface area contributed by atoms with Crippen LogP contribution in [0.5, 0.6) is 0 Å². The maximum atomic E-state index is 12.2. The van der Waals surface area contributed by atoms with Crippen molar-refractivity contribution in [3.05, 3.63) is 33.8 Å². The molecule has 0 aliphatic carbocycles.